The number of hydrogen-bond donors (Lipinski definition) is 1. The molecule has 194 valence electrons. The van der Waals surface area contributed by atoms with Gasteiger partial charge >= 0.3 is 6.09 Å². The maximum Gasteiger partial charge on any atom is 0.408 e. The number of fused-ring (bicyclic) bond motifs is 2. The highest BCUT2D eigenvalue weighted by atomic mass is 16.9. The van der Waals surface area contributed by atoms with Gasteiger partial charge in [-0.05, 0) is 39.5 Å². The van der Waals surface area contributed by atoms with Crippen molar-refractivity contribution >= 4 is 12.0 Å². The second-order valence-corrected chi connectivity index (χ2v) is 9.37. The third kappa shape index (κ3) is 5.82. The SMILES string of the molecule is C#C[C@@H]1CN(C(=O)[C@@H](NC(=O)OC(C)(C)C)C2CCCC2)C2C1OCC21OCO1.CC.CC.[HH].[HH].[HH]. The van der Waals surface area contributed by atoms with Crippen molar-refractivity contribution in [2.24, 2.45) is 11.8 Å². The predicted octanol–water partition coefficient (Wildman–Crippen LogP) is 4.42. The summed E-state index contributed by atoms with van der Waals surface area (Å²) < 4.78 is 22.7. The van der Waals surface area contributed by atoms with Gasteiger partial charge in [0.2, 0.25) is 11.7 Å². The number of hydrogen-bond acceptors (Lipinski definition) is 6. The molecule has 3 heterocycles. The van der Waals surface area contributed by atoms with Crippen LogP contribution in [0.2, 0.25) is 0 Å². The van der Waals surface area contributed by atoms with Gasteiger partial charge in [0.25, 0.3) is 0 Å². The molecule has 3 saturated heterocycles. The van der Waals surface area contributed by atoms with Crippen LogP contribution in [0.25, 0.3) is 0 Å². The van der Waals surface area contributed by atoms with Gasteiger partial charge in [0, 0.05) is 10.8 Å². The summed E-state index contributed by atoms with van der Waals surface area (Å²) in [5.41, 5.74) is -0.641. The van der Waals surface area contributed by atoms with Gasteiger partial charge in [-0.15, -0.1) is 6.42 Å². The van der Waals surface area contributed by atoms with Crippen LogP contribution in [0.5, 0.6) is 0 Å². The van der Waals surface area contributed by atoms with Crippen LogP contribution in [0.4, 0.5) is 4.79 Å². The summed E-state index contributed by atoms with van der Waals surface area (Å²) in [5.74, 6) is 1.47. The average molecular weight is 473 g/mol. The van der Waals surface area contributed by atoms with E-state index >= 15 is 0 Å². The third-order valence-corrected chi connectivity index (χ3v) is 6.28. The van der Waals surface area contributed by atoms with Gasteiger partial charge in [-0.2, -0.15) is 0 Å². The number of carbonyl (C=O) groups is 2. The Kier molecular flexibility index (Phi) is 9.59. The topological polar surface area (TPSA) is 86.3 Å². The maximum atomic E-state index is 13.7. The van der Waals surface area contributed by atoms with Crippen molar-refractivity contribution in [3.8, 4) is 12.3 Å². The Hall–Kier alpha value is -1.82. The largest absolute Gasteiger partial charge is 0.444 e. The van der Waals surface area contributed by atoms with Crippen molar-refractivity contribution in [1.29, 1.82) is 0 Å². The van der Waals surface area contributed by atoms with Crippen LogP contribution in [0.3, 0.4) is 0 Å². The zero-order valence-electron chi connectivity index (χ0n) is 21.3. The molecule has 1 aliphatic carbocycles. The molecule has 3 aliphatic heterocycles. The van der Waals surface area contributed by atoms with Crippen LogP contribution >= 0.6 is 0 Å². The zero-order valence-corrected chi connectivity index (χ0v) is 21.3. The molecule has 4 atom stereocenters. The highest BCUT2D eigenvalue weighted by Crippen LogP contribution is 2.45. The molecule has 0 radical (unpaired) electrons. The van der Waals surface area contributed by atoms with Crippen molar-refractivity contribution in [3.05, 3.63) is 0 Å². The van der Waals surface area contributed by atoms with E-state index in [1.165, 1.54) is 0 Å². The van der Waals surface area contributed by atoms with E-state index in [9.17, 15) is 9.59 Å². The smallest absolute Gasteiger partial charge is 0.408 e. The van der Waals surface area contributed by atoms with Gasteiger partial charge < -0.3 is 29.2 Å². The van der Waals surface area contributed by atoms with Gasteiger partial charge in [-0.25, -0.2) is 4.79 Å². The van der Waals surface area contributed by atoms with E-state index in [0.717, 1.165) is 25.7 Å². The second-order valence-electron chi connectivity index (χ2n) is 9.37. The lowest BCUT2D eigenvalue weighted by Gasteiger charge is -2.44. The molecule has 4 fully saturated rings. The van der Waals surface area contributed by atoms with E-state index in [4.69, 9.17) is 25.4 Å². The molecule has 2 amide bonds. The molecule has 1 saturated carbocycles. The van der Waals surface area contributed by atoms with Crippen LogP contribution in [-0.4, -0.2) is 66.4 Å². The lowest BCUT2D eigenvalue weighted by Crippen LogP contribution is -2.64. The molecule has 4 rings (SSSR count). The summed E-state index contributed by atoms with van der Waals surface area (Å²) in [7, 11) is 0. The van der Waals surface area contributed by atoms with Gasteiger partial charge in [0.1, 0.15) is 24.3 Å². The van der Waals surface area contributed by atoms with Crippen molar-refractivity contribution in [2.45, 2.75) is 104 Å². The van der Waals surface area contributed by atoms with E-state index in [0.29, 0.717) is 6.54 Å². The minimum atomic E-state index is -0.946. The molecule has 0 bridgehead atoms. The lowest BCUT2D eigenvalue weighted by atomic mass is 9.95. The van der Waals surface area contributed by atoms with Crippen molar-refractivity contribution in [2.75, 3.05) is 19.9 Å². The first-order valence-electron chi connectivity index (χ1n) is 12.4. The van der Waals surface area contributed by atoms with Crippen LogP contribution < -0.4 is 5.32 Å². The molecule has 8 heteroatoms. The van der Waals surface area contributed by atoms with Gasteiger partial charge in [0.15, 0.2) is 6.79 Å². The summed E-state index contributed by atoms with van der Waals surface area (Å²) in [6.45, 7) is 14.2. The number of rotatable bonds is 3. The Labute approximate surface area is 203 Å². The van der Waals surface area contributed by atoms with E-state index < -0.39 is 29.6 Å². The van der Waals surface area contributed by atoms with E-state index in [-0.39, 0.29) is 41.5 Å². The van der Waals surface area contributed by atoms with Crippen molar-refractivity contribution in [3.63, 3.8) is 0 Å². The molecule has 0 aromatic carbocycles. The molecular formula is C25H48N2O6. The van der Waals surface area contributed by atoms with Crippen molar-refractivity contribution < 1.29 is 32.8 Å². The highest BCUT2D eigenvalue weighted by molar-refractivity contribution is 5.87. The summed E-state index contributed by atoms with van der Waals surface area (Å²) in [4.78, 5) is 27.9. The van der Waals surface area contributed by atoms with E-state index in [1.807, 2.05) is 27.7 Å². The minimum Gasteiger partial charge on any atom is -0.444 e. The molecule has 0 aromatic heterocycles. The Morgan fingerprint density at radius 2 is 1.79 bits per heavy atom. The number of ether oxygens (including phenoxy) is 4. The summed E-state index contributed by atoms with van der Waals surface area (Å²) in [6.07, 6.45) is 8.67. The van der Waals surface area contributed by atoms with Gasteiger partial charge in [-0.1, -0.05) is 46.5 Å². The summed E-state index contributed by atoms with van der Waals surface area (Å²) >= 11 is 0. The van der Waals surface area contributed by atoms with E-state index in [1.54, 1.807) is 25.7 Å². The third-order valence-electron chi connectivity index (χ3n) is 6.28. The Morgan fingerprint density at radius 3 is 2.27 bits per heavy atom. The molecular weight excluding hydrogens is 424 g/mol. The normalized spacial score (nSPS) is 28.3. The van der Waals surface area contributed by atoms with Crippen LogP contribution in [0, 0.1) is 24.2 Å². The number of carbonyl (C=O) groups excluding carboxylic acids is 2. The van der Waals surface area contributed by atoms with Crippen LogP contribution in [-0.2, 0) is 23.7 Å². The van der Waals surface area contributed by atoms with Gasteiger partial charge in [-0.3, -0.25) is 4.79 Å². The number of nitrogens with one attached hydrogen (secondary N) is 1. The summed E-state index contributed by atoms with van der Waals surface area (Å²) in [6, 6.07) is -1.07. The fourth-order valence-corrected chi connectivity index (χ4v) is 4.94. The fourth-order valence-electron chi connectivity index (χ4n) is 4.94. The lowest BCUT2D eigenvalue weighted by molar-refractivity contribution is -0.404. The number of alkyl carbamates (subject to hydrolysis) is 1. The van der Waals surface area contributed by atoms with Crippen molar-refractivity contribution in [1.82, 2.24) is 10.2 Å². The number of amides is 2. The highest BCUT2D eigenvalue weighted by Gasteiger charge is 2.65. The zero-order chi connectivity index (χ0) is 24.8. The molecule has 2 unspecified atom stereocenters. The van der Waals surface area contributed by atoms with Crippen LogP contribution in [0.1, 0.15) is 78.4 Å². The molecule has 1 N–H and O–H groups in total. The average Bonchev–Trinajstić information content (AvgIpc) is 3.48. The number of likely N-dealkylation sites (tertiary alicyclic amines) is 1. The minimum absolute atomic E-state index is 0. The van der Waals surface area contributed by atoms with E-state index in [2.05, 4.69) is 11.2 Å². The maximum absolute atomic E-state index is 13.7. The molecule has 8 nitrogen and oxygen atoms in total. The monoisotopic (exact) mass is 472 g/mol. The molecule has 33 heavy (non-hydrogen) atoms. The Balaban J connectivity index is 0. The quantitative estimate of drug-likeness (QED) is 0.612. The number of terminal acetylenes is 1. The fraction of sp³-hybridized carbons (Fsp3) is 0.840. The summed E-state index contributed by atoms with van der Waals surface area (Å²) in [5, 5.41) is 2.84. The molecule has 4 aliphatic rings. The predicted molar refractivity (Wildman–Crippen MR) is 131 cm³/mol. The first kappa shape index (κ1) is 27.4. The Bertz CT molecular complexity index is 718. The molecule has 1 spiro atoms. The first-order chi connectivity index (χ1) is 15.7. The van der Waals surface area contributed by atoms with Crippen LogP contribution in [0.15, 0.2) is 0 Å². The molecule has 0 aromatic rings. The first-order valence-corrected chi connectivity index (χ1v) is 12.4. The second kappa shape index (κ2) is 11.5. The Morgan fingerprint density at radius 1 is 1.18 bits per heavy atom. The standard InChI is InChI=1S/C21H30N2O6.2C2H6.3H2/c1-5-13-10-23(17-16(13)26-11-21(17)27-12-28-21)18(24)15(14-8-6-7-9-14)22-19(25)29-20(2,3)4;2*1-2;;;/h1,13-17H,6-12H2,2-4H3,(H,22,25);2*1-2H3;3*1H/t13-,15+,16?,17?;;;;;/m1...../s1. The number of nitrogens with zero attached hydrogens (tertiary/aromatic N) is 1. The van der Waals surface area contributed by atoms with Gasteiger partial charge in [0.05, 0.1) is 12.0 Å².